The van der Waals surface area contributed by atoms with Gasteiger partial charge >= 0.3 is 0 Å². The summed E-state index contributed by atoms with van der Waals surface area (Å²) in [5.74, 6) is 0. The van der Waals surface area contributed by atoms with Gasteiger partial charge in [-0.1, -0.05) is 32.3 Å². The van der Waals surface area contributed by atoms with Crippen molar-refractivity contribution in [2.75, 3.05) is 0 Å². The lowest BCUT2D eigenvalue weighted by molar-refractivity contribution is 0.855. The normalized spacial score (nSPS) is 12.2. The Balaban J connectivity index is 4.18. The third kappa shape index (κ3) is 3.83. The molecule has 0 fully saturated rings. The van der Waals surface area contributed by atoms with Crippen LogP contribution in [-0.4, -0.2) is 0 Å². The van der Waals surface area contributed by atoms with Gasteiger partial charge in [0.25, 0.3) is 0 Å². The fraction of sp³-hybridized carbons (Fsp3) is 0.700. The fourth-order valence-electron chi connectivity index (χ4n) is 1.14. The smallest absolute Gasteiger partial charge is 0.0946 e. The second kappa shape index (κ2) is 5.97. The summed E-state index contributed by atoms with van der Waals surface area (Å²) in [6, 6.07) is 2.27. The Morgan fingerprint density at radius 2 is 1.73 bits per heavy atom. The molecule has 0 saturated carbocycles. The highest BCUT2D eigenvalue weighted by molar-refractivity contribution is 5.26. The van der Waals surface area contributed by atoms with E-state index in [1.54, 1.807) is 0 Å². The first-order valence-corrected chi connectivity index (χ1v) is 4.34. The average molecular weight is 151 g/mol. The summed E-state index contributed by atoms with van der Waals surface area (Å²) in [5.41, 5.74) is 2.27. The van der Waals surface area contributed by atoms with Crippen molar-refractivity contribution in [3.05, 3.63) is 11.1 Å². The van der Waals surface area contributed by atoms with E-state index in [1.165, 1.54) is 5.57 Å². The van der Waals surface area contributed by atoms with Gasteiger partial charge in [-0.15, -0.1) is 0 Å². The Kier molecular flexibility index (Phi) is 5.56. The Morgan fingerprint density at radius 3 is 2.09 bits per heavy atom. The number of hydrogen-bond acceptors (Lipinski definition) is 1. The van der Waals surface area contributed by atoms with E-state index in [0.717, 1.165) is 31.3 Å². The van der Waals surface area contributed by atoms with Crippen LogP contribution in [0.2, 0.25) is 0 Å². The zero-order valence-corrected chi connectivity index (χ0v) is 7.78. The third-order valence-electron chi connectivity index (χ3n) is 1.78. The van der Waals surface area contributed by atoms with Crippen LogP contribution in [0.1, 0.15) is 46.5 Å². The maximum absolute atomic E-state index is 8.75. The van der Waals surface area contributed by atoms with E-state index in [4.69, 9.17) is 5.26 Å². The predicted molar refractivity (Wildman–Crippen MR) is 48.1 cm³/mol. The molecule has 0 N–H and O–H groups in total. The number of hydrogen-bond donors (Lipinski definition) is 0. The van der Waals surface area contributed by atoms with Crippen molar-refractivity contribution in [2.24, 2.45) is 0 Å². The summed E-state index contributed by atoms with van der Waals surface area (Å²) in [4.78, 5) is 0. The second-order valence-electron chi connectivity index (χ2n) is 2.87. The van der Waals surface area contributed by atoms with Crippen molar-refractivity contribution in [1.82, 2.24) is 0 Å². The maximum atomic E-state index is 8.75. The molecule has 0 saturated heterocycles. The molecule has 1 nitrogen and oxygen atoms in total. The highest BCUT2D eigenvalue weighted by atomic mass is 14.2. The number of nitrogens with zero attached hydrogens (tertiary/aromatic N) is 1. The van der Waals surface area contributed by atoms with E-state index < -0.39 is 0 Å². The molecule has 0 amide bonds. The minimum atomic E-state index is 0.947. The van der Waals surface area contributed by atoms with E-state index >= 15 is 0 Å². The second-order valence-corrected chi connectivity index (χ2v) is 2.87. The molecular formula is C10H17N. The lowest BCUT2D eigenvalue weighted by atomic mass is 10.0. The zero-order valence-electron chi connectivity index (χ0n) is 7.78. The van der Waals surface area contributed by atoms with Gasteiger partial charge in [-0.2, -0.15) is 5.26 Å². The number of nitriles is 1. The van der Waals surface area contributed by atoms with Gasteiger partial charge in [0.1, 0.15) is 0 Å². The standard InChI is InChI=1S/C10H17N/c1-4-6-9(3)10(8-11)7-5-2/h4-7H2,1-3H3/b10-9+. The predicted octanol–water partition coefficient (Wildman–Crippen LogP) is 3.43. The average Bonchev–Trinajstić information content (AvgIpc) is 2.00. The fourth-order valence-corrected chi connectivity index (χ4v) is 1.14. The van der Waals surface area contributed by atoms with Gasteiger partial charge in [0.05, 0.1) is 6.07 Å². The van der Waals surface area contributed by atoms with Gasteiger partial charge in [0.2, 0.25) is 0 Å². The molecule has 0 heterocycles. The summed E-state index contributed by atoms with van der Waals surface area (Å²) in [5, 5.41) is 8.75. The van der Waals surface area contributed by atoms with E-state index in [2.05, 4.69) is 26.8 Å². The summed E-state index contributed by atoms with van der Waals surface area (Å²) < 4.78 is 0. The monoisotopic (exact) mass is 151 g/mol. The van der Waals surface area contributed by atoms with Crippen molar-refractivity contribution in [1.29, 1.82) is 5.26 Å². The maximum Gasteiger partial charge on any atom is 0.0946 e. The minimum Gasteiger partial charge on any atom is -0.193 e. The van der Waals surface area contributed by atoms with Gasteiger partial charge in [-0.3, -0.25) is 0 Å². The topological polar surface area (TPSA) is 23.8 Å². The minimum absolute atomic E-state index is 0.947. The molecule has 0 rings (SSSR count). The Morgan fingerprint density at radius 1 is 1.18 bits per heavy atom. The molecule has 0 aliphatic carbocycles. The van der Waals surface area contributed by atoms with Crippen LogP contribution >= 0.6 is 0 Å². The summed E-state index contributed by atoms with van der Waals surface area (Å²) in [6.45, 7) is 6.32. The van der Waals surface area contributed by atoms with Crippen LogP contribution in [0.15, 0.2) is 11.1 Å². The number of allylic oxidation sites excluding steroid dienone is 2. The van der Waals surface area contributed by atoms with Crippen molar-refractivity contribution in [3.8, 4) is 6.07 Å². The Labute approximate surface area is 69.7 Å². The van der Waals surface area contributed by atoms with E-state index in [-0.39, 0.29) is 0 Å². The molecule has 0 bridgehead atoms. The first-order chi connectivity index (χ1) is 5.26. The molecule has 1 heteroatoms. The van der Waals surface area contributed by atoms with Crippen LogP contribution in [0.3, 0.4) is 0 Å². The summed E-state index contributed by atoms with van der Waals surface area (Å²) in [6.07, 6.45) is 4.23. The van der Waals surface area contributed by atoms with E-state index in [9.17, 15) is 0 Å². The quantitative estimate of drug-likeness (QED) is 0.565. The zero-order chi connectivity index (χ0) is 8.69. The Hall–Kier alpha value is -0.770. The summed E-state index contributed by atoms with van der Waals surface area (Å²) >= 11 is 0. The van der Waals surface area contributed by atoms with E-state index in [1.807, 2.05) is 0 Å². The van der Waals surface area contributed by atoms with Crippen LogP contribution in [0, 0.1) is 11.3 Å². The number of rotatable bonds is 4. The van der Waals surface area contributed by atoms with Crippen LogP contribution in [0.4, 0.5) is 0 Å². The molecule has 62 valence electrons. The highest BCUT2D eigenvalue weighted by Gasteiger charge is 1.98. The van der Waals surface area contributed by atoms with Crippen LogP contribution in [0.5, 0.6) is 0 Å². The van der Waals surface area contributed by atoms with E-state index in [0.29, 0.717) is 0 Å². The highest BCUT2D eigenvalue weighted by Crippen LogP contribution is 2.14. The molecule has 0 aromatic carbocycles. The Bertz CT molecular complexity index is 172. The lowest BCUT2D eigenvalue weighted by Gasteiger charge is -2.01. The van der Waals surface area contributed by atoms with Crippen LogP contribution in [-0.2, 0) is 0 Å². The van der Waals surface area contributed by atoms with Crippen LogP contribution in [0.25, 0.3) is 0 Å². The first-order valence-electron chi connectivity index (χ1n) is 4.34. The summed E-state index contributed by atoms with van der Waals surface area (Å²) in [7, 11) is 0. The van der Waals surface area contributed by atoms with Gasteiger partial charge in [-0.25, -0.2) is 0 Å². The van der Waals surface area contributed by atoms with Gasteiger partial charge in [0, 0.05) is 5.57 Å². The molecule has 0 atom stereocenters. The SMILES string of the molecule is CCC/C(C)=C(/C#N)CCC. The molecular weight excluding hydrogens is 134 g/mol. The first kappa shape index (κ1) is 10.2. The van der Waals surface area contributed by atoms with Crippen molar-refractivity contribution in [3.63, 3.8) is 0 Å². The molecule has 11 heavy (non-hydrogen) atoms. The van der Waals surface area contributed by atoms with Gasteiger partial charge in [-0.05, 0) is 19.8 Å². The van der Waals surface area contributed by atoms with Crippen molar-refractivity contribution >= 4 is 0 Å². The van der Waals surface area contributed by atoms with Gasteiger partial charge < -0.3 is 0 Å². The van der Waals surface area contributed by atoms with Crippen molar-refractivity contribution in [2.45, 2.75) is 46.5 Å². The largest absolute Gasteiger partial charge is 0.193 e. The molecule has 0 unspecified atom stereocenters. The van der Waals surface area contributed by atoms with Crippen molar-refractivity contribution < 1.29 is 0 Å². The molecule has 0 aromatic rings. The molecule has 0 spiro atoms. The molecule has 0 radical (unpaired) electrons. The molecule has 0 aromatic heterocycles. The van der Waals surface area contributed by atoms with Gasteiger partial charge in [0.15, 0.2) is 0 Å². The molecule has 0 aliphatic rings. The van der Waals surface area contributed by atoms with Crippen LogP contribution < -0.4 is 0 Å². The third-order valence-corrected chi connectivity index (χ3v) is 1.78. The lowest BCUT2D eigenvalue weighted by Crippen LogP contribution is -1.85. The molecule has 0 aliphatic heterocycles.